The molecule has 1 saturated heterocycles. The summed E-state index contributed by atoms with van der Waals surface area (Å²) in [6, 6.07) is -1.24. The molecule has 1 rings (SSSR count). The van der Waals surface area contributed by atoms with Gasteiger partial charge in [0, 0.05) is 12.5 Å². The Morgan fingerprint density at radius 2 is 1.74 bits per heavy atom. The van der Waals surface area contributed by atoms with Gasteiger partial charge in [-0.3, -0.25) is 19.2 Å². The van der Waals surface area contributed by atoms with E-state index in [1.54, 1.807) is 0 Å². The number of ether oxygens (including phenoxy) is 3. The van der Waals surface area contributed by atoms with Gasteiger partial charge in [-0.05, 0) is 12.8 Å². The van der Waals surface area contributed by atoms with Crippen molar-refractivity contribution in [1.29, 1.82) is 0 Å². The number of hydrogen-bond acceptors (Lipinski definition) is 7. The van der Waals surface area contributed by atoms with Gasteiger partial charge in [0.1, 0.15) is 12.1 Å². The van der Waals surface area contributed by atoms with E-state index in [4.69, 9.17) is 10.5 Å². The molecule has 9 heteroatoms. The monoisotopic (exact) mass is 330 g/mol. The van der Waals surface area contributed by atoms with Crippen LogP contribution in [0.1, 0.15) is 19.8 Å². The van der Waals surface area contributed by atoms with E-state index in [2.05, 4.69) is 14.8 Å². The number of nitrogens with two attached hydrogens (primary N) is 1. The highest BCUT2D eigenvalue weighted by atomic mass is 16.5. The minimum Gasteiger partial charge on any atom is -0.468 e. The molecule has 0 radical (unpaired) electrons. The number of hydrogen-bond donors (Lipinski definition) is 2. The number of carbonyl (C=O) groups is 4. The molecule has 0 aromatic rings. The van der Waals surface area contributed by atoms with Gasteiger partial charge < -0.3 is 25.3 Å². The highest BCUT2D eigenvalue weighted by molar-refractivity contribution is 5.97. The summed E-state index contributed by atoms with van der Waals surface area (Å²) in [5, 5.41) is 2.44. The van der Waals surface area contributed by atoms with E-state index in [1.807, 2.05) is 0 Å². The Bertz CT molecular complexity index is 458. The molecular weight excluding hydrogens is 308 g/mol. The molecular formula is C14H22N2O7. The second kappa shape index (κ2) is 8.47. The highest BCUT2D eigenvalue weighted by Crippen LogP contribution is 2.20. The summed E-state index contributed by atoms with van der Waals surface area (Å²) in [7, 11) is 2.21. The van der Waals surface area contributed by atoms with E-state index in [-0.39, 0.29) is 0 Å². The number of rotatable bonds is 7. The second-order valence-corrected chi connectivity index (χ2v) is 5.27. The third kappa shape index (κ3) is 4.65. The van der Waals surface area contributed by atoms with Crippen LogP contribution in [0.15, 0.2) is 0 Å². The van der Waals surface area contributed by atoms with E-state index in [1.165, 1.54) is 6.92 Å². The maximum atomic E-state index is 12.1. The van der Waals surface area contributed by atoms with Crippen LogP contribution >= 0.6 is 0 Å². The van der Waals surface area contributed by atoms with Crippen LogP contribution in [-0.2, 0) is 33.4 Å². The lowest BCUT2D eigenvalue weighted by Gasteiger charge is -2.27. The van der Waals surface area contributed by atoms with Crippen molar-refractivity contribution in [2.75, 3.05) is 20.8 Å². The molecule has 1 aliphatic heterocycles. The molecule has 130 valence electrons. The first-order chi connectivity index (χ1) is 10.8. The predicted octanol–water partition coefficient (Wildman–Crippen LogP) is -1.27. The second-order valence-electron chi connectivity index (χ2n) is 5.27. The first kappa shape index (κ1) is 18.9. The van der Waals surface area contributed by atoms with Crippen molar-refractivity contribution >= 4 is 23.8 Å². The molecule has 0 spiro atoms. The van der Waals surface area contributed by atoms with E-state index < -0.39 is 47.7 Å². The van der Waals surface area contributed by atoms with Gasteiger partial charge in [-0.25, -0.2) is 0 Å². The van der Waals surface area contributed by atoms with Crippen molar-refractivity contribution in [3.05, 3.63) is 0 Å². The number of primary amides is 1. The van der Waals surface area contributed by atoms with Crippen LogP contribution in [0, 0.1) is 11.8 Å². The van der Waals surface area contributed by atoms with Crippen LogP contribution in [0.2, 0.25) is 0 Å². The Balaban J connectivity index is 2.92. The minimum atomic E-state index is -1.38. The summed E-state index contributed by atoms with van der Waals surface area (Å²) in [6.45, 7) is 1.89. The number of carbonyl (C=O) groups excluding carboxylic acids is 4. The summed E-state index contributed by atoms with van der Waals surface area (Å²) in [6.07, 6.45) is 0.601. The SMILES string of the molecule is COC(=O)C(C(=O)OC)[C@H](C)[C@@H](NC(=O)[C@H]1CCCO1)C(N)=O. The van der Waals surface area contributed by atoms with Gasteiger partial charge in [0.05, 0.1) is 14.2 Å². The van der Waals surface area contributed by atoms with E-state index in [9.17, 15) is 19.2 Å². The van der Waals surface area contributed by atoms with E-state index >= 15 is 0 Å². The standard InChI is InChI=1S/C14H22N2O7/c1-7(9(13(19)21-2)14(20)22-3)10(11(15)17)16-12(18)8-5-4-6-23-8/h7-10H,4-6H2,1-3H3,(H2,15,17)(H,16,18)/t7-,8+,10+/m0/s1. The van der Waals surface area contributed by atoms with Crippen molar-refractivity contribution < 1.29 is 33.4 Å². The molecule has 0 aliphatic carbocycles. The molecule has 1 heterocycles. The quantitative estimate of drug-likeness (QED) is 0.439. The van der Waals surface area contributed by atoms with Crippen LogP contribution in [0.5, 0.6) is 0 Å². The molecule has 3 atom stereocenters. The average molecular weight is 330 g/mol. The van der Waals surface area contributed by atoms with Crippen LogP contribution in [0.25, 0.3) is 0 Å². The van der Waals surface area contributed by atoms with Crippen molar-refractivity contribution in [2.45, 2.75) is 31.9 Å². The van der Waals surface area contributed by atoms with Crippen LogP contribution in [0.4, 0.5) is 0 Å². The van der Waals surface area contributed by atoms with Crippen LogP contribution in [-0.4, -0.2) is 56.7 Å². The Labute approximate surface area is 133 Å². The molecule has 3 N–H and O–H groups in total. The maximum Gasteiger partial charge on any atom is 0.320 e. The maximum absolute atomic E-state index is 12.1. The predicted molar refractivity (Wildman–Crippen MR) is 76.8 cm³/mol. The van der Waals surface area contributed by atoms with Crippen LogP contribution < -0.4 is 11.1 Å². The van der Waals surface area contributed by atoms with Crippen molar-refractivity contribution in [3.8, 4) is 0 Å². The Morgan fingerprint density at radius 3 is 2.13 bits per heavy atom. The first-order valence-corrected chi connectivity index (χ1v) is 7.20. The zero-order valence-electron chi connectivity index (χ0n) is 13.4. The third-order valence-electron chi connectivity index (χ3n) is 3.79. The zero-order valence-corrected chi connectivity index (χ0v) is 13.4. The van der Waals surface area contributed by atoms with Crippen molar-refractivity contribution in [2.24, 2.45) is 17.6 Å². The molecule has 9 nitrogen and oxygen atoms in total. The summed E-state index contributed by atoms with van der Waals surface area (Å²) >= 11 is 0. The fourth-order valence-electron chi connectivity index (χ4n) is 2.46. The third-order valence-corrected chi connectivity index (χ3v) is 3.79. The van der Waals surface area contributed by atoms with Crippen LogP contribution in [0.3, 0.4) is 0 Å². The number of amides is 2. The molecule has 0 saturated carbocycles. The van der Waals surface area contributed by atoms with Gasteiger partial charge in [0.15, 0.2) is 5.92 Å². The van der Waals surface area contributed by atoms with E-state index in [0.29, 0.717) is 13.0 Å². The van der Waals surface area contributed by atoms with Gasteiger partial charge in [-0.2, -0.15) is 0 Å². The Morgan fingerprint density at radius 1 is 1.17 bits per heavy atom. The Kier molecular flexibility index (Phi) is 6.95. The van der Waals surface area contributed by atoms with Gasteiger partial charge in [-0.15, -0.1) is 0 Å². The fourth-order valence-corrected chi connectivity index (χ4v) is 2.46. The summed E-state index contributed by atoms with van der Waals surface area (Å²) in [5.74, 6) is -5.46. The number of esters is 2. The van der Waals surface area contributed by atoms with Crippen molar-refractivity contribution in [1.82, 2.24) is 5.32 Å². The lowest BCUT2D eigenvalue weighted by molar-refractivity contribution is -0.162. The summed E-state index contributed by atoms with van der Waals surface area (Å²) in [4.78, 5) is 47.4. The lowest BCUT2D eigenvalue weighted by atomic mass is 9.86. The summed E-state index contributed by atoms with van der Waals surface area (Å²) in [5.41, 5.74) is 5.31. The number of methoxy groups -OCH3 is 2. The summed E-state index contributed by atoms with van der Waals surface area (Å²) < 4.78 is 14.3. The van der Waals surface area contributed by atoms with E-state index in [0.717, 1.165) is 20.6 Å². The normalized spacial score (nSPS) is 19.7. The Hall–Kier alpha value is -2.16. The van der Waals surface area contributed by atoms with Gasteiger partial charge in [0.2, 0.25) is 11.8 Å². The lowest BCUT2D eigenvalue weighted by Crippen LogP contribution is -2.54. The van der Waals surface area contributed by atoms with Gasteiger partial charge >= 0.3 is 11.9 Å². The highest BCUT2D eigenvalue weighted by Gasteiger charge is 2.42. The molecule has 0 aromatic carbocycles. The molecule has 1 fully saturated rings. The van der Waals surface area contributed by atoms with Gasteiger partial charge in [-0.1, -0.05) is 6.92 Å². The molecule has 23 heavy (non-hydrogen) atoms. The zero-order chi connectivity index (χ0) is 17.6. The molecule has 0 aromatic heterocycles. The largest absolute Gasteiger partial charge is 0.468 e. The fraction of sp³-hybridized carbons (Fsp3) is 0.714. The first-order valence-electron chi connectivity index (χ1n) is 7.20. The average Bonchev–Trinajstić information content (AvgIpc) is 3.05. The minimum absolute atomic E-state index is 0.460. The van der Waals surface area contributed by atoms with Gasteiger partial charge in [0.25, 0.3) is 0 Å². The molecule has 2 amide bonds. The molecule has 1 aliphatic rings. The topological polar surface area (TPSA) is 134 Å². The number of nitrogens with one attached hydrogen (secondary N) is 1. The van der Waals surface area contributed by atoms with Crippen molar-refractivity contribution in [3.63, 3.8) is 0 Å². The molecule has 0 unspecified atom stereocenters. The smallest absolute Gasteiger partial charge is 0.320 e. The molecule has 0 bridgehead atoms.